The van der Waals surface area contributed by atoms with Crippen LogP contribution >= 0.6 is 0 Å². The van der Waals surface area contributed by atoms with Crippen molar-refractivity contribution >= 4 is 5.97 Å². The first-order valence-electron chi connectivity index (χ1n) is 7.66. The largest absolute Gasteiger partial charge is 0.465 e. The molecule has 0 bridgehead atoms. The molecule has 0 heterocycles. The number of esters is 1. The second-order valence-electron chi connectivity index (χ2n) is 5.64. The first-order valence-corrected chi connectivity index (χ1v) is 7.66. The Hall–Kier alpha value is -0.610. The molecule has 0 aromatic heterocycles. The molecule has 1 rings (SSSR count). The molecule has 1 saturated carbocycles. The maximum atomic E-state index is 12.2. The van der Waals surface area contributed by atoms with E-state index in [4.69, 9.17) is 4.74 Å². The van der Waals surface area contributed by atoms with Crippen LogP contribution in [0.4, 0.5) is 0 Å². The fraction of sp³-hybridized carbons (Fsp3) is 0.933. The number of likely N-dealkylation sites (N-methyl/N-ethyl adjacent to an activating group) is 1. The number of carbonyl (C=O) groups excluding carboxylic acids is 1. The number of nitrogens with zero attached hydrogens (tertiary/aromatic N) is 1. The van der Waals surface area contributed by atoms with E-state index in [1.807, 2.05) is 14.0 Å². The Bertz CT molecular complexity index is 283. The summed E-state index contributed by atoms with van der Waals surface area (Å²) in [4.78, 5) is 14.6. The lowest BCUT2D eigenvalue weighted by molar-refractivity contribution is -0.153. The van der Waals surface area contributed by atoms with Gasteiger partial charge in [-0.25, -0.2) is 0 Å². The van der Waals surface area contributed by atoms with Gasteiger partial charge in [0.1, 0.15) is 5.54 Å². The highest BCUT2D eigenvalue weighted by molar-refractivity contribution is 5.81. The summed E-state index contributed by atoms with van der Waals surface area (Å²) in [6, 6.07) is 0.483. The lowest BCUT2D eigenvalue weighted by atomic mass is 9.78. The SMILES string of the molecule is CCCCN(C)C1CCCC(NC)(C(=O)OCC)C1. The number of rotatable bonds is 7. The van der Waals surface area contributed by atoms with Crippen LogP contribution in [0.15, 0.2) is 0 Å². The minimum Gasteiger partial charge on any atom is -0.465 e. The van der Waals surface area contributed by atoms with E-state index in [1.165, 1.54) is 19.3 Å². The molecule has 0 amide bonds. The minimum absolute atomic E-state index is 0.0777. The van der Waals surface area contributed by atoms with E-state index in [0.717, 1.165) is 25.8 Å². The number of carbonyl (C=O) groups is 1. The molecule has 0 aromatic carbocycles. The lowest BCUT2D eigenvalue weighted by Crippen LogP contribution is -2.57. The first kappa shape index (κ1) is 16.4. The summed E-state index contributed by atoms with van der Waals surface area (Å²) in [7, 11) is 4.06. The summed E-state index contributed by atoms with van der Waals surface area (Å²) in [5, 5.41) is 3.24. The van der Waals surface area contributed by atoms with Crippen molar-refractivity contribution in [2.45, 2.75) is 64.0 Å². The molecule has 0 spiro atoms. The zero-order valence-electron chi connectivity index (χ0n) is 13.0. The van der Waals surface area contributed by atoms with Gasteiger partial charge in [-0.1, -0.05) is 13.3 Å². The van der Waals surface area contributed by atoms with Crippen molar-refractivity contribution in [1.29, 1.82) is 0 Å². The van der Waals surface area contributed by atoms with Gasteiger partial charge in [-0.2, -0.15) is 0 Å². The Morgan fingerprint density at radius 3 is 2.79 bits per heavy atom. The van der Waals surface area contributed by atoms with Crippen LogP contribution in [0.1, 0.15) is 52.4 Å². The highest BCUT2D eigenvalue weighted by atomic mass is 16.5. The highest BCUT2D eigenvalue weighted by Gasteiger charge is 2.43. The van der Waals surface area contributed by atoms with Crippen LogP contribution in [0.5, 0.6) is 0 Å². The number of unbranched alkanes of at least 4 members (excludes halogenated alkanes) is 1. The summed E-state index contributed by atoms with van der Waals surface area (Å²) in [6.45, 7) is 5.66. The van der Waals surface area contributed by atoms with Crippen LogP contribution in [-0.2, 0) is 9.53 Å². The zero-order chi connectivity index (χ0) is 14.3. The van der Waals surface area contributed by atoms with E-state index in [0.29, 0.717) is 12.6 Å². The van der Waals surface area contributed by atoms with Gasteiger partial charge in [0.25, 0.3) is 0 Å². The van der Waals surface area contributed by atoms with Crippen molar-refractivity contribution in [2.75, 3.05) is 27.2 Å². The molecule has 0 radical (unpaired) electrons. The summed E-state index contributed by atoms with van der Waals surface area (Å²) < 4.78 is 5.26. The van der Waals surface area contributed by atoms with Crippen LogP contribution in [0.2, 0.25) is 0 Å². The van der Waals surface area contributed by atoms with E-state index >= 15 is 0 Å². The normalized spacial score (nSPS) is 27.5. The summed E-state index contributed by atoms with van der Waals surface area (Å²) in [6.07, 6.45) is 6.46. The fourth-order valence-electron chi connectivity index (χ4n) is 3.00. The Morgan fingerprint density at radius 1 is 1.47 bits per heavy atom. The molecule has 1 N–H and O–H groups in total. The fourth-order valence-corrected chi connectivity index (χ4v) is 3.00. The molecule has 1 aliphatic rings. The standard InChI is InChI=1S/C15H30N2O2/c1-5-7-11-17(4)13-9-8-10-15(12-13,16-3)14(18)19-6-2/h13,16H,5-12H2,1-4H3. The molecule has 0 aromatic rings. The van der Waals surface area contributed by atoms with Crippen LogP contribution in [-0.4, -0.2) is 49.7 Å². The molecular formula is C15H30N2O2. The van der Waals surface area contributed by atoms with Crippen molar-refractivity contribution in [2.24, 2.45) is 0 Å². The topological polar surface area (TPSA) is 41.6 Å². The van der Waals surface area contributed by atoms with Gasteiger partial charge in [-0.3, -0.25) is 4.79 Å². The quantitative estimate of drug-likeness (QED) is 0.720. The summed E-state index contributed by atoms with van der Waals surface area (Å²) in [5.74, 6) is -0.0777. The van der Waals surface area contributed by atoms with Crippen molar-refractivity contribution in [3.05, 3.63) is 0 Å². The Labute approximate surface area is 117 Å². The van der Waals surface area contributed by atoms with Crippen LogP contribution < -0.4 is 5.32 Å². The monoisotopic (exact) mass is 270 g/mol. The predicted octanol–water partition coefficient (Wildman–Crippen LogP) is 2.18. The van der Waals surface area contributed by atoms with Crippen LogP contribution in [0, 0.1) is 0 Å². The Balaban J connectivity index is 2.66. The first-order chi connectivity index (χ1) is 9.09. The smallest absolute Gasteiger partial charge is 0.326 e. The molecule has 0 aliphatic heterocycles. The van der Waals surface area contributed by atoms with Gasteiger partial charge in [-0.05, 0) is 59.7 Å². The minimum atomic E-state index is -0.473. The molecular weight excluding hydrogens is 240 g/mol. The molecule has 4 heteroatoms. The maximum absolute atomic E-state index is 12.2. The van der Waals surface area contributed by atoms with E-state index in [9.17, 15) is 4.79 Å². The highest BCUT2D eigenvalue weighted by Crippen LogP contribution is 2.32. The predicted molar refractivity (Wildman–Crippen MR) is 78.2 cm³/mol. The van der Waals surface area contributed by atoms with Crippen LogP contribution in [0.25, 0.3) is 0 Å². The Morgan fingerprint density at radius 2 is 2.21 bits per heavy atom. The molecule has 4 nitrogen and oxygen atoms in total. The van der Waals surface area contributed by atoms with Gasteiger partial charge in [0, 0.05) is 6.04 Å². The van der Waals surface area contributed by atoms with Crippen LogP contribution in [0.3, 0.4) is 0 Å². The van der Waals surface area contributed by atoms with E-state index in [1.54, 1.807) is 0 Å². The third kappa shape index (κ3) is 4.18. The maximum Gasteiger partial charge on any atom is 0.326 e. The second-order valence-corrected chi connectivity index (χ2v) is 5.64. The number of hydrogen-bond acceptors (Lipinski definition) is 4. The third-order valence-corrected chi connectivity index (χ3v) is 4.36. The number of ether oxygens (including phenoxy) is 1. The second kappa shape index (κ2) is 7.85. The van der Waals surface area contributed by atoms with Gasteiger partial charge in [0.2, 0.25) is 0 Å². The van der Waals surface area contributed by atoms with Gasteiger partial charge < -0.3 is 15.0 Å². The zero-order valence-corrected chi connectivity index (χ0v) is 13.0. The summed E-state index contributed by atoms with van der Waals surface area (Å²) >= 11 is 0. The molecule has 2 unspecified atom stereocenters. The molecule has 1 fully saturated rings. The third-order valence-electron chi connectivity index (χ3n) is 4.36. The van der Waals surface area contributed by atoms with E-state index < -0.39 is 5.54 Å². The molecule has 0 saturated heterocycles. The number of nitrogens with one attached hydrogen (secondary N) is 1. The average Bonchev–Trinajstić information content (AvgIpc) is 2.44. The van der Waals surface area contributed by atoms with Crippen molar-refractivity contribution in [3.8, 4) is 0 Å². The average molecular weight is 270 g/mol. The lowest BCUT2D eigenvalue weighted by Gasteiger charge is -2.42. The number of hydrogen-bond donors (Lipinski definition) is 1. The van der Waals surface area contributed by atoms with Crippen molar-refractivity contribution in [3.63, 3.8) is 0 Å². The molecule has 19 heavy (non-hydrogen) atoms. The molecule has 1 aliphatic carbocycles. The Kier molecular flexibility index (Phi) is 6.80. The van der Waals surface area contributed by atoms with Crippen molar-refractivity contribution in [1.82, 2.24) is 10.2 Å². The van der Waals surface area contributed by atoms with Gasteiger partial charge in [-0.15, -0.1) is 0 Å². The molecule has 2 atom stereocenters. The molecule has 112 valence electrons. The van der Waals surface area contributed by atoms with E-state index in [2.05, 4.69) is 24.2 Å². The summed E-state index contributed by atoms with van der Waals surface area (Å²) in [5.41, 5.74) is -0.473. The van der Waals surface area contributed by atoms with Gasteiger partial charge in [0.05, 0.1) is 6.61 Å². The van der Waals surface area contributed by atoms with Gasteiger partial charge >= 0.3 is 5.97 Å². The van der Waals surface area contributed by atoms with Crippen molar-refractivity contribution < 1.29 is 9.53 Å². The van der Waals surface area contributed by atoms with E-state index in [-0.39, 0.29) is 5.97 Å². The van der Waals surface area contributed by atoms with Gasteiger partial charge in [0.15, 0.2) is 0 Å².